The highest BCUT2D eigenvalue weighted by atomic mass is 32.1. The average molecular weight is 430 g/mol. The van der Waals surface area contributed by atoms with Crippen molar-refractivity contribution in [2.24, 2.45) is 0 Å². The number of aromatic nitrogens is 3. The number of urea groups is 1. The standard InChI is InChI=1S/C19H23N7O3S/c1-29-14-4-2-12(3-5-14)22-19(28)25-7-8-26(13(10-25)6-9-27)16-15-17(30-11-21-15)24-18(20)23-16/h2-5,11,13,27H,6-10H2,1H3,(H,22,28)(H2,20,23,24). The molecule has 30 heavy (non-hydrogen) atoms. The van der Waals surface area contributed by atoms with Gasteiger partial charge in [0.25, 0.3) is 0 Å². The van der Waals surface area contributed by atoms with Crippen LogP contribution in [0.5, 0.6) is 5.75 Å². The van der Waals surface area contributed by atoms with Gasteiger partial charge < -0.3 is 30.7 Å². The SMILES string of the molecule is COc1ccc(NC(=O)N2CCN(c3nc(N)nc4scnc34)C(CCO)C2)cc1. The predicted octanol–water partition coefficient (Wildman–Crippen LogP) is 1.78. The molecule has 2 amide bonds. The number of aliphatic hydroxyl groups excluding tert-OH is 1. The fourth-order valence-corrected chi connectivity index (χ4v) is 4.21. The van der Waals surface area contributed by atoms with E-state index < -0.39 is 0 Å². The van der Waals surface area contributed by atoms with Crippen molar-refractivity contribution in [2.75, 3.05) is 49.3 Å². The highest BCUT2D eigenvalue weighted by Gasteiger charge is 2.32. The van der Waals surface area contributed by atoms with Crippen LogP contribution in [0.25, 0.3) is 10.3 Å². The van der Waals surface area contributed by atoms with Crippen molar-refractivity contribution in [3.8, 4) is 5.75 Å². The van der Waals surface area contributed by atoms with Gasteiger partial charge in [-0.05, 0) is 30.7 Å². The number of ether oxygens (including phenoxy) is 1. The second kappa shape index (κ2) is 8.67. The van der Waals surface area contributed by atoms with Crippen molar-refractivity contribution in [1.29, 1.82) is 0 Å². The molecule has 1 atom stereocenters. The van der Waals surface area contributed by atoms with Crippen molar-refractivity contribution < 1.29 is 14.6 Å². The Hall–Kier alpha value is -3.18. The third-order valence-electron chi connectivity index (χ3n) is 5.04. The monoisotopic (exact) mass is 429 g/mol. The van der Waals surface area contributed by atoms with Crippen molar-refractivity contribution in [3.05, 3.63) is 29.8 Å². The van der Waals surface area contributed by atoms with Crippen LogP contribution in [0.15, 0.2) is 29.8 Å². The molecule has 11 heteroatoms. The largest absolute Gasteiger partial charge is 0.497 e. The molecule has 1 unspecified atom stereocenters. The molecule has 1 aromatic carbocycles. The van der Waals surface area contributed by atoms with Gasteiger partial charge in [0.1, 0.15) is 11.3 Å². The lowest BCUT2D eigenvalue weighted by Gasteiger charge is -2.42. The number of thiazole rings is 1. The first kappa shape index (κ1) is 20.1. The number of fused-ring (bicyclic) bond motifs is 1. The maximum absolute atomic E-state index is 12.8. The van der Waals surface area contributed by atoms with Crippen LogP contribution < -0.4 is 20.7 Å². The summed E-state index contributed by atoms with van der Waals surface area (Å²) in [5.41, 5.74) is 8.98. The number of carbonyl (C=O) groups excluding carboxylic acids is 1. The minimum absolute atomic E-state index is 0.00409. The Morgan fingerprint density at radius 3 is 2.87 bits per heavy atom. The highest BCUT2D eigenvalue weighted by Crippen LogP contribution is 2.29. The van der Waals surface area contributed by atoms with Crippen LogP contribution in [0.3, 0.4) is 0 Å². The van der Waals surface area contributed by atoms with Crippen molar-refractivity contribution in [1.82, 2.24) is 19.9 Å². The number of nitrogen functional groups attached to an aromatic ring is 1. The third kappa shape index (κ3) is 4.07. The minimum atomic E-state index is -0.191. The quantitative estimate of drug-likeness (QED) is 0.560. The van der Waals surface area contributed by atoms with Gasteiger partial charge in [0.05, 0.1) is 18.7 Å². The van der Waals surface area contributed by atoms with Crippen LogP contribution in [-0.2, 0) is 0 Å². The zero-order valence-corrected chi connectivity index (χ0v) is 17.3. The molecule has 1 aliphatic heterocycles. The van der Waals surface area contributed by atoms with E-state index in [0.717, 1.165) is 10.6 Å². The van der Waals surface area contributed by atoms with E-state index in [0.29, 0.717) is 43.1 Å². The molecule has 4 rings (SSSR count). The predicted molar refractivity (Wildman–Crippen MR) is 116 cm³/mol. The zero-order valence-electron chi connectivity index (χ0n) is 16.5. The molecule has 1 saturated heterocycles. The van der Waals surface area contributed by atoms with E-state index >= 15 is 0 Å². The number of nitrogens with one attached hydrogen (secondary N) is 1. The van der Waals surface area contributed by atoms with Gasteiger partial charge in [0.2, 0.25) is 5.95 Å². The van der Waals surface area contributed by atoms with Crippen LogP contribution in [0.1, 0.15) is 6.42 Å². The molecule has 1 fully saturated rings. The molecule has 0 saturated carbocycles. The van der Waals surface area contributed by atoms with Gasteiger partial charge in [-0.2, -0.15) is 4.98 Å². The molecule has 0 aliphatic carbocycles. The molecule has 1 aliphatic rings. The summed E-state index contributed by atoms with van der Waals surface area (Å²) in [7, 11) is 1.60. The number of amides is 2. The second-order valence-electron chi connectivity index (χ2n) is 6.88. The average Bonchev–Trinajstić information content (AvgIpc) is 3.22. The Morgan fingerprint density at radius 1 is 1.33 bits per heavy atom. The van der Waals surface area contributed by atoms with Crippen LogP contribution in [-0.4, -0.2) is 70.4 Å². The first-order chi connectivity index (χ1) is 14.6. The van der Waals surface area contributed by atoms with E-state index in [9.17, 15) is 9.90 Å². The fourth-order valence-electron chi connectivity index (χ4n) is 3.56. The number of hydrogen-bond acceptors (Lipinski definition) is 9. The Morgan fingerprint density at radius 2 is 2.13 bits per heavy atom. The van der Waals surface area contributed by atoms with Crippen LogP contribution in [0, 0.1) is 0 Å². The van der Waals surface area contributed by atoms with Gasteiger partial charge in [-0.25, -0.2) is 14.8 Å². The van der Waals surface area contributed by atoms with Crippen molar-refractivity contribution >= 4 is 45.2 Å². The summed E-state index contributed by atoms with van der Waals surface area (Å²) in [4.78, 5) is 30.3. The number of benzene rings is 1. The smallest absolute Gasteiger partial charge is 0.321 e. The normalized spacial score (nSPS) is 16.7. The molecular formula is C19H23N7O3S. The van der Waals surface area contributed by atoms with E-state index in [1.165, 1.54) is 11.3 Å². The summed E-state index contributed by atoms with van der Waals surface area (Å²) in [6.45, 7) is 1.48. The minimum Gasteiger partial charge on any atom is -0.497 e. The fraction of sp³-hybridized carbons (Fsp3) is 0.368. The van der Waals surface area contributed by atoms with Gasteiger partial charge in [-0.1, -0.05) is 0 Å². The van der Waals surface area contributed by atoms with E-state index in [1.54, 1.807) is 41.8 Å². The molecule has 10 nitrogen and oxygen atoms in total. The summed E-state index contributed by atoms with van der Waals surface area (Å²) in [6.07, 6.45) is 0.488. The lowest BCUT2D eigenvalue weighted by Crippen LogP contribution is -2.56. The maximum atomic E-state index is 12.8. The van der Waals surface area contributed by atoms with E-state index in [1.807, 2.05) is 0 Å². The molecule has 3 aromatic rings. The lowest BCUT2D eigenvalue weighted by molar-refractivity contribution is 0.187. The number of aliphatic hydroxyl groups is 1. The topological polar surface area (TPSA) is 130 Å². The Kier molecular flexibility index (Phi) is 5.81. The summed E-state index contributed by atoms with van der Waals surface area (Å²) >= 11 is 1.40. The molecule has 3 heterocycles. The van der Waals surface area contributed by atoms with Gasteiger partial charge in [-0.3, -0.25) is 0 Å². The van der Waals surface area contributed by atoms with E-state index in [4.69, 9.17) is 10.5 Å². The van der Waals surface area contributed by atoms with Gasteiger partial charge in [-0.15, -0.1) is 11.3 Å². The first-order valence-electron chi connectivity index (χ1n) is 9.53. The number of methoxy groups -OCH3 is 1. The third-order valence-corrected chi connectivity index (χ3v) is 5.76. The molecule has 4 N–H and O–H groups in total. The zero-order chi connectivity index (χ0) is 21.1. The molecule has 2 aromatic heterocycles. The lowest BCUT2D eigenvalue weighted by atomic mass is 10.1. The van der Waals surface area contributed by atoms with Gasteiger partial charge in [0.15, 0.2) is 10.6 Å². The Labute approximate surface area is 177 Å². The Balaban J connectivity index is 1.51. The molecule has 0 radical (unpaired) electrons. The Bertz CT molecular complexity index is 1030. The van der Waals surface area contributed by atoms with Gasteiger partial charge >= 0.3 is 6.03 Å². The van der Waals surface area contributed by atoms with Crippen molar-refractivity contribution in [2.45, 2.75) is 12.5 Å². The molecule has 0 spiro atoms. The first-order valence-corrected chi connectivity index (χ1v) is 10.4. The number of nitrogens with zero attached hydrogens (tertiary/aromatic N) is 5. The number of anilines is 3. The second-order valence-corrected chi connectivity index (χ2v) is 7.71. The van der Waals surface area contributed by atoms with Gasteiger partial charge in [0, 0.05) is 31.9 Å². The van der Waals surface area contributed by atoms with Crippen LogP contribution in [0.4, 0.5) is 22.2 Å². The van der Waals surface area contributed by atoms with E-state index in [2.05, 4.69) is 25.2 Å². The highest BCUT2D eigenvalue weighted by molar-refractivity contribution is 7.16. The summed E-state index contributed by atoms with van der Waals surface area (Å²) < 4.78 is 5.14. The number of rotatable bonds is 5. The maximum Gasteiger partial charge on any atom is 0.321 e. The molecule has 0 bridgehead atoms. The number of piperazine rings is 1. The summed E-state index contributed by atoms with van der Waals surface area (Å²) in [5, 5.41) is 12.5. The summed E-state index contributed by atoms with van der Waals surface area (Å²) in [5.74, 6) is 1.55. The van der Waals surface area contributed by atoms with Crippen LogP contribution >= 0.6 is 11.3 Å². The van der Waals surface area contributed by atoms with E-state index in [-0.39, 0.29) is 24.6 Å². The van der Waals surface area contributed by atoms with Crippen LogP contribution in [0.2, 0.25) is 0 Å². The summed E-state index contributed by atoms with van der Waals surface area (Å²) in [6, 6.07) is 6.86. The number of hydrogen-bond donors (Lipinski definition) is 3. The number of carbonyl (C=O) groups is 1. The molecular weight excluding hydrogens is 406 g/mol. The van der Waals surface area contributed by atoms with Crippen molar-refractivity contribution in [3.63, 3.8) is 0 Å². The molecule has 158 valence electrons. The number of nitrogens with two attached hydrogens (primary N) is 1.